The van der Waals surface area contributed by atoms with Gasteiger partial charge in [0.1, 0.15) is 0 Å². The Balaban J connectivity index is 4.04. The Bertz CT molecular complexity index is 286. The zero-order chi connectivity index (χ0) is 13.1. The third-order valence-corrected chi connectivity index (χ3v) is 2.12. The molecule has 96 valence electrons. The first-order valence-corrected chi connectivity index (χ1v) is 5.69. The highest BCUT2D eigenvalue weighted by atomic mass is 16.6. The van der Waals surface area contributed by atoms with E-state index >= 15 is 0 Å². The molecule has 0 saturated carbocycles. The number of nitro groups is 1. The van der Waals surface area contributed by atoms with E-state index in [4.69, 9.17) is 0 Å². The van der Waals surface area contributed by atoms with E-state index in [1.807, 2.05) is 12.2 Å². The zero-order valence-corrected chi connectivity index (χ0v) is 10.1. The highest BCUT2D eigenvalue weighted by Gasteiger charge is 2.29. The number of nitrogens with zero attached hydrogens (tertiary/aromatic N) is 1. The third kappa shape index (κ3) is 7.27. The molecular formula is C12H19NO4. The molecule has 0 spiro atoms. The SMILES string of the molecule is C=CCCCC=CCC(C(=O)OCC)[N+](=O)[O-]. The monoisotopic (exact) mass is 241 g/mol. The van der Waals surface area contributed by atoms with Gasteiger partial charge >= 0.3 is 12.0 Å². The lowest BCUT2D eigenvalue weighted by molar-refractivity contribution is -0.509. The van der Waals surface area contributed by atoms with E-state index in [9.17, 15) is 14.9 Å². The van der Waals surface area contributed by atoms with Crippen LogP contribution in [0.4, 0.5) is 0 Å². The Morgan fingerprint density at radius 1 is 1.47 bits per heavy atom. The number of carbonyl (C=O) groups is 1. The van der Waals surface area contributed by atoms with Gasteiger partial charge in [0.25, 0.3) is 0 Å². The molecule has 0 N–H and O–H groups in total. The van der Waals surface area contributed by atoms with E-state index in [1.54, 1.807) is 13.0 Å². The van der Waals surface area contributed by atoms with Crippen LogP contribution in [0.1, 0.15) is 32.6 Å². The lowest BCUT2D eigenvalue weighted by Crippen LogP contribution is -2.30. The van der Waals surface area contributed by atoms with E-state index in [2.05, 4.69) is 11.3 Å². The zero-order valence-electron chi connectivity index (χ0n) is 10.1. The lowest BCUT2D eigenvalue weighted by atomic mass is 10.1. The largest absolute Gasteiger partial charge is 0.461 e. The average Bonchev–Trinajstić information content (AvgIpc) is 2.27. The van der Waals surface area contributed by atoms with Gasteiger partial charge in [0, 0.05) is 11.3 Å². The summed E-state index contributed by atoms with van der Waals surface area (Å²) in [5, 5.41) is 10.6. The van der Waals surface area contributed by atoms with Crippen molar-refractivity contribution in [2.24, 2.45) is 0 Å². The van der Waals surface area contributed by atoms with Crippen molar-refractivity contribution in [2.45, 2.75) is 38.6 Å². The van der Waals surface area contributed by atoms with Gasteiger partial charge in [0.15, 0.2) is 0 Å². The first-order chi connectivity index (χ1) is 8.13. The van der Waals surface area contributed by atoms with Crippen LogP contribution in [-0.4, -0.2) is 23.5 Å². The minimum Gasteiger partial charge on any atom is -0.461 e. The van der Waals surface area contributed by atoms with Crippen molar-refractivity contribution in [1.82, 2.24) is 0 Å². The maximum atomic E-state index is 11.2. The summed E-state index contributed by atoms with van der Waals surface area (Å²) < 4.78 is 4.63. The number of carbonyl (C=O) groups excluding carboxylic acids is 1. The van der Waals surface area contributed by atoms with Gasteiger partial charge in [-0.15, -0.1) is 6.58 Å². The van der Waals surface area contributed by atoms with E-state index in [0.29, 0.717) is 0 Å². The molecule has 0 aliphatic carbocycles. The second-order valence-corrected chi connectivity index (χ2v) is 3.48. The van der Waals surface area contributed by atoms with Gasteiger partial charge < -0.3 is 4.74 Å². The first-order valence-electron chi connectivity index (χ1n) is 5.69. The minimum absolute atomic E-state index is 0.0833. The van der Waals surface area contributed by atoms with Crippen LogP contribution in [0.3, 0.4) is 0 Å². The van der Waals surface area contributed by atoms with Crippen molar-refractivity contribution in [2.75, 3.05) is 6.61 Å². The fraction of sp³-hybridized carbons (Fsp3) is 0.583. The van der Waals surface area contributed by atoms with Gasteiger partial charge in [-0.25, -0.2) is 4.79 Å². The molecule has 0 aliphatic heterocycles. The van der Waals surface area contributed by atoms with Crippen LogP contribution in [0, 0.1) is 10.1 Å². The summed E-state index contributed by atoms with van der Waals surface area (Å²) in [6.45, 7) is 5.38. The quantitative estimate of drug-likeness (QED) is 0.204. The molecule has 0 aromatic heterocycles. The Morgan fingerprint density at radius 3 is 2.71 bits per heavy atom. The predicted molar refractivity (Wildman–Crippen MR) is 65.2 cm³/mol. The van der Waals surface area contributed by atoms with E-state index in [1.165, 1.54) is 0 Å². The summed E-state index contributed by atoms with van der Waals surface area (Å²) in [5.74, 6) is -0.770. The van der Waals surface area contributed by atoms with Crippen molar-refractivity contribution < 1.29 is 14.5 Å². The van der Waals surface area contributed by atoms with Gasteiger partial charge in [-0.3, -0.25) is 10.1 Å². The molecule has 0 fully saturated rings. The summed E-state index contributed by atoms with van der Waals surface area (Å²) >= 11 is 0. The van der Waals surface area contributed by atoms with Crippen molar-refractivity contribution >= 4 is 5.97 Å². The molecule has 0 aromatic carbocycles. The molecule has 0 saturated heterocycles. The number of unbranched alkanes of at least 4 members (excludes halogenated alkanes) is 2. The molecule has 0 heterocycles. The molecule has 0 aromatic rings. The lowest BCUT2D eigenvalue weighted by Gasteiger charge is -2.05. The van der Waals surface area contributed by atoms with Gasteiger partial charge in [0.05, 0.1) is 6.61 Å². The molecular weight excluding hydrogens is 222 g/mol. The number of esters is 1. The van der Waals surface area contributed by atoms with Crippen molar-refractivity contribution in [3.05, 3.63) is 34.9 Å². The number of rotatable bonds is 9. The maximum Gasteiger partial charge on any atom is 0.381 e. The standard InChI is InChI=1S/C12H19NO4/c1-3-5-6-7-8-9-10-11(13(15)16)12(14)17-4-2/h3,8-9,11H,1,4-7,10H2,2H3. The van der Waals surface area contributed by atoms with Crippen LogP contribution >= 0.6 is 0 Å². The number of hydrogen-bond acceptors (Lipinski definition) is 4. The Kier molecular flexibility index (Phi) is 8.64. The van der Waals surface area contributed by atoms with Crippen LogP contribution < -0.4 is 0 Å². The second-order valence-electron chi connectivity index (χ2n) is 3.48. The Labute approximate surface area is 101 Å². The smallest absolute Gasteiger partial charge is 0.381 e. The highest BCUT2D eigenvalue weighted by molar-refractivity contribution is 5.74. The molecule has 1 unspecified atom stereocenters. The molecule has 17 heavy (non-hydrogen) atoms. The Morgan fingerprint density at radius 2 is 2.18 bits per heavy atom. The number of allylic oxidation sites excluding steroid dienone is 2. The predicted octanol–water partition coefficient (Wildman–Crippen LogP) is 2.50. The molecule has 5 nitrogen and oxygen atoms in total. The first kappa shape index (κ1) is 15.3. The summed E-state index contributed by atoms with van der Waals surface area (Å²) in [6, 6.07) is -1.29. The van der Waals surface area contributed by atoms with E-state index in [-0.39, 0.29) is 13.0 Å². The summed E-state index contributed by atoms with van der Waals surface area (Å²) in [4.78, 5) is 21.3. The summed E-state index contributed by atoms with van der Waals surface area (Å²) in [7, 11) is 0. The summed E-state index contributed by atoms with van der Waals surface area (Å²) in [6.07, 6.45) is 8.13. The number of ether oxygens (including phenoxy) is 1. The van der Waals surface area contributed by atoms with Gasteiger partial charge in [-0.2, -0.15) is 0 Å². The normalized spacial score (nSPS) is 12.3. The molecule has 0 bridgehead atoms. The molecule has 0 rings (SSSR count). The van der Waals surface area contributed by atoms with Gasteiger partial charge in [-0.1, -0.05) is 18.2 Å². The topological polar surface area (TPSA) is 69.4 Å². The average molecular weight is 241 g/mol. The fourth-order valence-corrected chi connectivity index (χ4v) is 1.23. The van der Waals surface area contributed by atoms with Gasteiger partial charge in [-0.05, 0) is 26.2 Å². The Hall–Kier alpha value is -1.65. The van der Waals surface area contributed by atoms with Crippen molar-refractivity contribution in [3.63, 3.8) is 0 Å². The molecule has 0 aliphatic rings. The van der Waals surface area contributed by atoms with Crippen LogP contribution in [0.2, 0.25) is 0 Å². The van der Waals surface area contributed by atoms with Crippen LogP contribution in [0.5, 0.6) is 0 Å². The number of hydrogen-bond donors (Lipinski definition) is 0. The van der Waals surface area contributed by atoms with E-state index < -0.39 is 16.9 Å². The van der Waals surface area contributed by atoms with Crippen molar-refractivity contribution in [1.29, 1.82) is 0 Å². The molecule has 5 heteroatoms. The van der Waals surface area contributed by atoms with Crippen molar-refractivity contribution in [3.8, 4) is 0 Å². The molecule has 0 radical (unpaired) electrons. The van der Waals surface area contributed by atoms with Gasteiger partial charge in [0.2, 0.25) is 0 Å². The molecule has 0 amide bonds. The van der Waals surface area contributed by atoms with Crippen LogP contribution in [0.25, 0.3) is 0 Å². The van der Waals surface area contributed by atoms with Crippen LogP contribution in [-0.2, 0) is 9.53 Å². The second kappa shape index (κ2) is 9.57. The minimum atomic E-state index is -1.29. The summed E-state index contributed by atoms with van der Waals surface area (Å²) in [5.41, 5.74) is 0. The van der Waals surface area contributed by atoms with E-state index in [0.717, 1.165) is 19.3 Å². The third-order valence-electron chi connectivity index (χ3n) is 2.12. The maximum absolute atomic E-state index is 11.2. The fourth-order valence-electron chi connectivity index (χ4n) is 1.23. The van der Waals surface area contributed by atoms with Crippen LogP contribution in [0.15, 0.2) is 24.8 Å². The highest BCUT2D eigenvalue weighted by Crippen LogP contribution is 2.04. The molecule has 1 atom stereocenters.